The van der Waals surface area contributed by atoms with Crippen LogP contribution in [0.5, 0.6) is 11.5 Å². The predicted octanol–water partition coefficient (Wildman–Crippen LogP) is 4.50. The zero-order chi connectivity index (χ0) is 19.4. The molecule has 3 rings (SSSR count). The second-order valence-corrected chi connectivity index (χ2v) is 6.20. The van der Waals surface area contributed by atoms with Crippen molar-refractivity contribution < 1.29 is 18.7 Å². The predicted molar refractivity (Wildman–Crippen MR) is 104 cm³/mol. The number of benzene rings is 2. The third-order valence-electron chi connectivity index (χ3n) is 4.01. The molecule has 0 aliphatic heterocycles. The van der Waals surface area contributed by atoms with E-state index in [1.165, 1.54) is 7.11 Å². The van der Waals surface area contributed by atoms with Gasteiger partial charge in [0.1, 0.15) is 17.3 Å². The number of aryl methyl sites for hydroxylation is 1. The number of amides is 1. The maximum Gasteiger partial charge on any atom is 0.230 e. The maximum atomic E-state index is 12.5. The van der Waals surface area contributed by atoms with Gasteiger partial charge in [0, 0.05) is 6.07 Å². The number of aromatic nitrogens is 1. The molecule has 1 heterocycles. The average Bonchev–Trinajstić information content (AvgIpc) is 3.02. The van der Waals surface area contributed by atoms with Crippen molar-refractivity contribution in [3.8, 4) is 23.0 Å². The van der Waals surface area contributed by atoms with E-state index in [0.29, 0.717) is 45.1 Å². The summed E-state index contributed by atoms with van der Waals surface area (Å²) in [7, 11) is 3.09. The molecule has 0 fully saturated rings. The van der Waals surface area contributed by atoms with Crippen molar-refractivity contribution in [2.24, 2.45) is 0 Å². The maximum absolute atomic E-state index is 12.5. The van der Waals surface area contributed by atoms with Gasteiger partial charge in [0.05, 0.1) is 42.6 Å². The highest BCUT2D eigenvalue weighted by Gasteiger charge is 2.17. The molecule has 27 heavy (non-hydrogen) atoms. The summed E-state index contributed by atoms with van der Waals surface area (Å²) < 4.78 is 16.2. The van der Waals surface area contributed by atoms with Gasteiger partial charge in [-0.05, 0) is 31.2 Å². The minimum Gasteiger partial charge on any atom is -0.497 e. The lowest BCUT2D eigenvalue weighted by atomic mass is 10.2. The van der Waals surface area contributed by atoms with Gasteiger partial charge in [-0.3, -0.25) is 4.79 Å². The minimum atomic E-state index is -0.247. The standard InChI is InChI=1S/C20H19ClN2O4/c1-12-16(23-20(27-12)14-6-4-5-7-15(14)21)11-19(24)22-17-10-13(25-2)8-9-18(17)26-3/h4-10H,11H2,1-3H3,(H,22,24). The van der Waals surface area contributed by atoms with E-state index in [1.807, 2.05) is 18.2 Å². The molecule has 1 aromatic heterocycles. The van der Waals surface area contributed by atoms with Gasteiger partial charge in [0.25, 0.3) is 0 Å². The van der Waals surface area contributed by atoms with Crippen LogP contribution in [0.4, 0.5) is 5.69 Å². The molecule has 0 saturated carbocycles. The van der Waals surface area contributed by atoms with Gasteiger partial charge >= 0.3 is 0 Å². The smallest absolute Gasteiger partial charge is 0.230 e. The number of nitrogens with zero attached hydrogens (tertiary/aromatic N) is 1. The van der Waals surface area contributed by atoms with Crippen LogP contribution in [0.15, 0.2) is 46.9 Å². The van der Waals surface area contributed by atoms with Crippen molar-refractivity contribution in [1.29, 1.82) is 0 Å². The Balaban J connectivity index is 1.78. The number of methoxy groups -OCH3 is 2. The molecule has 2 aromatic carbocycles. The normalized spacial score (nSPS) is 10.5. The monoisotopic (exact) mass is 386 g/mol. The number of hydrogen-bond donors (Lipinski definition) is 1. The third-order valence-corrected chi connectivity index (χ3v) is 4.34. The highest BCUT2D eigenvalue weighted by atomic mass is 35.5. The molecule has 6 nitrogen and oxygen atoms in total. The van der Waals surface area contributed by atoms with Gasteiger partial charge < -0.3 is 19.2 Å². The summed E-state index contributed by atoms with van der Waals surface area (Å²) in [4.78, 5) is 16.9. The molecular formula is C20H19ClN2O4. The number of carbonyl (C=O) groups is 1. The van der Waals surface area contributed by atoms with Crippen molar-refractivity contribution in [1.82, 2.24) is 4.98 Å². The zero-order valence-corrected chi connectivity index (χ0v) is 16.0. The molecule has 1 N–H and O–H groups in total. The molecule has 0 unspecified atom stereocenters. The number of carbonyl (C=O) groups excluding carboxylic acids is 1. The quantitative estimate of drug-likeness (QED) is 0.675. The first kappa shape index (κ1) is 18.8. The summed E-state index contributed by atoms with van der Waals surface area (Å²) in [6, 6.07) is 12.4. The summed E-state index contributed by atoms with van der Waals surface area (Å²) in [6.07, 6.45) is 0.0557. The second kappa shape index (κ2) is 8.14. The number of oxazole rings is 1. The Morgan fingerprint density at radius 3 is 2.67 bits per heavy atom. The van der Waals surface area contributed by atoms with Crippen LogP contribution < -0.4 is 14.8 Å². The van der Waals surface area contributed by atoms with Crippen LogP contribution in [0.2, 0.25) is 5.02 Å². The summed E-state index contributed by atoms with van der Waals surface area (Å²) >= 11 is 6.19. The van der Waals surface area contributed by atoms with Crippen molar-refractivity contribution in [3.63, 3.8) is 0 Å². The van der Waals surface area contributed by atoms with E-state index in [1.54, 1.807) is 38.3 Å². The van der Waals surface area contributed by atoms with E-state index in [0.717, 1.165) is 0 Å². The Hall–Kier alpha value is -2.99. The fourth-order valence-corrected chi connectivity index (χ4v) is 2.82. The first-order valence-corrected chi connectivity index (χ1v) is 8.62. The van der Waals surface area contributed by atoms with E-state index in [-0.39, 0.29) is 12.3 Å². The molecular weight excluding hydrogens is 368 g/mol. The Labute approximate surface area is 162 Å². The summed E-state index contributed by atoms with van der Waals surface area (Å²) in [6.45, 7) is 1.77. The molecule has 0 aliphatic rings. The lowest BCUT2D eigenvalue weighted by Crippen LogP contribution is -2.15. The van der Waals surface area contributed by atoms with Gasteiger partial charge in [-0.1, -0.05) is 23.7 Å². The second-order valence-electron chi connectivity index (χ2n) is 5.79. The lowest BCUT2D eigenvalue weighted by Gasteiger charge is -2.11. The number of anilines is 1. The molecule has 140 valence electrons. The topological polar surface area (TPSA) is 73.6 Å². The molecule has 7 heteroatoms. The highest BCUT2D eigenvalue weighted by molar-refractivity contribution is 6.33. The van der Waals surface area contributed by atoms with E-state index >= 15 is 0 Å². The Morgan fingerprint density at radius 1 is 1.19 bits per heavy atom. The number of halogens is 1. The fourth-order valence-electron chi connectivity index (χ4n) is 2.60. The Kier molecular flexibility index (Phi) is 5.66. The summed E-state index contributed by atoms with van der Waals surface area (Å²) in [5.41, 5.74) is 1.75. The first-order valence-electron chi connectivity index (χ1n) is 8.25. The van der Waals surface area contributed by atoms with E-state index < -0.39 is 0 Å². The van der Waals surface area contributed by atoms with E-state index in [4.69, 9.17) is 25.5 Å². The number of rotatable bonds is 6. The molecule has 0 atom stereocenters. The minimum absolute atomic E-state index is 0.0557. The van der Waals surface area contributed by atoms with Crippen LogP contribution in [-0.2, 0) is 11.2 Å². The zero-order valence-electron chi connectivity index (χ0n) is 15.2. The van der Waals surface area contributed by atoms with Gasteiger partial charge in [-0.25, -0.2) is 4.98 Å². The van der Waals surface area contributed by atoms with Crippen LogP contribution in [0.3, 0.4) is 0 Å². The number of nitrogens with one attached hydrogen (secondary N) is 1. The van der Waals surface area contributed by atoms with Crippen LogP contribution in [-0.4, -0.2) is 25.1 Å². The van der Waals surface area contributed by atoms with Crippen LogP contribution in [0, 0.1) is 6.92 Å². The largest absolute Gasteiger partial charge is 0.497 e. The van der Waals surface area contributed by atoms with Gasteiger partial charge in [-0.2, -0.15) is 0 Å². The highest BCUT2D eigenvalue weighted by Crippen LogP contribution is 2.30. The first-order chi connectivity index (χ1) is 13.0. The number of hydrogen-bond acceptors (Lipinski definition) is 5. The molecule has 3 aromatic rings. The van der Waals surface area contributed by atoms with Crippen molar-refractivity contribution >= 4 is 23.2 Å². The molecule has 0 aliphatic carbocycles. The SMILES string of the molecule is COc1ccc(OC)c(NC(=O)Cc2nc(-c3ccccc3Cl)oc2C)c1. The molecule has 0 radical (unpaired) electrons. The van der Waals surface area contributed by atoms with Crippen molar-refractivity contribution in [2.75, 3.05) is 19.5 Å². The molecule has 0 saturated heterocycles. The summed E-state index contributed by atoms with van der Waals surface area (Å²) in [5.74, 6) is 1.86. The Morgan fingerprint density at radius 2 is 1.96 bits per heavy atom. The fraction of sp³-hybridized carbons (Fsp3) is 0.200. The van der Waals surface area contributed by atoms with E-state index in [2.05, 4.69) is 10.3 Å². The number of ether oxygens (including phenoxy) is 2. The lowest BCUT2D eigenvalue weighted by molar-refractivity contribution is -0.115. The molecule has 0 bridgehead atoms. The van der Waals surface area contributed by atoms with Gasteiger partial charge in [-0.15, -0.1) is 0 Å². The third kappa shape index (κ3) is 4.23. The summed E-state index contributed by atoms with van der Waals surface area (Å²) in [5, 5.41) is 3.36. The van der Waals surface area contributed by atoms with Crippen molar-refractivity contribution in [3.05, 3.63) is 58.9 Å². The van der Waals surface area contributed by atoms with Gasteiger partial charge in [0.15, 0.2) is 0 Å². The molecule has 0 spiro atoms. The average molecular weight is 387 g/mol. The van der Waals surface area contributed by atoms with Crippen LogP contribution in [0.25, 0.3) is 11.5 Å². The van der Waals surface area contributed by atoms with Crippen LogP contribution >= 0.6 is 11.6 Å². The van der Waals surface area contributed by atoms with E-state index in [9.17, 15) is 4.79 Å². The van der Waals surface area contributed by atoms with Crippen molar-refractivity contribution in [2.45, 2.75) is 13.3 Å². The van der Waals surface area contributed by atoms with Gasteiger partial charge in [0.2, 0.25) is 11.8 Å². The Bertz CT molecular complexity index is 968. The molecule has 1 amide bonds. The van der Waals surface area contributed by atoms with Crippen LogP contribution in [0.1, 0.15) is 11.5 Å².